The molecule has 28 heavy (non-hydrogen) atoms. The Balaban J connectivity index is 1.77. The van der Waals surface area contributed by atoms with Crippen molar-refractivity contribution >= 4 is 16.7 Å². The van der Waals surface area contributed by atoms with Crippen molar-refractivity contribution in [3.05, 3.63) is 96.6 Å². The third-order valence-corrected chi connectivity index (χ3v) is 4.70. The molecule has 0 saturated heterocycles. The van der Waals surface area contributed by atoms with Crippen LogP contribution >= 0.6 is 0 Å². The number of benzene rings is 4. The molecule has 1 N–H and O–H groups in total. The number of aryl methyl sites for hydroxylation is 1. The van der Waals surface area contributed by atoms with Crippen LogP contribution in [0, 0.1) is 0 Å². The van der Waals surface area contributed by atoms with E-state index in [9.17, 15) is 4.79 Å². The number of fused-ring (bicyclic) bond motifs is 1. The van der Waals surface area contributed by atoms with E-state index in [4.69, 9.17) is 9.84 Å². The first kappa shape index (κ1) is 17.8. The fraction of sp³-hybridized carbons (Fsp3) is 0.0800. The van der Waals surface area contributed by atoms with Gasteiger partial charge in [-0.2, -0.15) is 0 Å². The van der Waals surface area contributed by atoms with Crippen LogP contribution in [0.1, 0.15) is 12.0 Å². The molecule has 0 atom stereocenters. The van der Waals surface area contributed by atoms with Crippen LogP contribution in [0.4, 0.5) is 0 Å². The Hall–Kier alpha value is -3.59. The predicted molar refractivity (Wildman–Crippen MR) is 112 cm³/mol. The topological polar surface area (TPSA) is 46.5 Å². The SMILES string of the molecule is O=C(O)CCc1ccc(Oc2ccccc2)c(-c2ccc3ccccc3c2)c1. The number of rotatable bonds is 6. The summed E-state index contributed by atoms with van der Waals surface area (Å²) >= 11 is 0. The van der Waals surface area contributed by atoms with Crippen molar-refractivity contribution in [1.82, 2.24) is 0 Å². The van der Waals surface area contributed by atoms with E-state index < -0.39 is 5.97 Å². The minimum atomic E-state index is -0.795. The molecule has 4 aromatic carbocycles. The monoisotopic (exact) mass is 368 g/mol. The highest BCUT2D eigenvalue weighted by Crippen LogP contribution is 2.36. The molecule has 0 aliphatic carbocycles. The minimum Gasteiger partial charge on any atom is -0.481 e. The van der Waals surface area contributed by atoms with Gasteiger partial charge < -0.3 is 9.84 Å². The second-order valence-electron chi connectivity index (χ2n) is 6.70. The third-order valence-electron chi connectivity index (χ3n) is 4.70. The van der Waals surface area contributed by atoms with Gasteiger partial charge in [-0.25, -0.2) is 0 Å². The summed E-state index contributed by atoms with van der Waals surface area (Å²) in [5.74, 6) is 0.722. The Kier molecular flexibility index (Phi) is 5.07. The number of aliphatic carboxylic acids is 1. The number of ether oxygens (including phenoxy) is 1. The van der Waals surface area contributed by atoms with E-state index in [1.165, 1.54) is 5.39 Å². The highest BCUT2D eigenvalue weighted by Gasteiger charge is 2.11. The second kappa shape index (κ2) is 7.97. The molecule has 0 saturated carbocycles. The molecule has 0 amide bonds. The summed E-state index contributed by atoms with van der Waals surface area (Å²) in [7, 11) is 0. The van der Waals surface area contributed by atoms with Crippen LogP contribution in [-0.4, -0.2) is 11.1 Å². The summed E-state index contributed by atoms with van der Waals surface area (Å²) in [6.07, 6.45) is 0.595. The van der Waals surface area contributed by atoms with Crippen molar-refractivity contribution in [2.45, 2.75) is 12.8 Å². The van der Waals surface area contributed by atoms with Gasteiger partial charge in [-0.1, -0.05) is 60.7 Å². The van der Waals surface area contributed by atoms with Crippen molar-refractivity contribution in [1.29, 1.82) is 0 Å². The summed E-state index contributed by atoms with van der Waals surface area (Å²) in [6.45, 7) is 0. The van der Waals surface area contributed by atoms with Crippen LogP contribution in [0.2, 0.25) is 0 Å². The van der Waals surface area contributed by atoms with Crippen molar-refractivity contribution < 1.29 is 14.6 Å². The van der Waals surface area contributed by atoms with Gasteiger partial charge in [0.1, 0.15) is 11.5 Å². The number of carbonyl (C=O) groups is 1. The lowest BCUT2D eigenvalue weighted by Gasteiger charge is -2.14. The van der Waals surface area contributed by atoms with Gasteiger partial charge in [-0.05, 0) is 58.7 Å². The second-order valence-corrected chi connectivity index (χ2v) is 6.70. The molecule has 3 nitrogen and oxygen atoms in total. The van der Waals surface area contributed by atoms with E-state index in [1.54, 1.807) is 0 Å². The Morgan fingerprint density at radius 2 is 1.54 bits per heavy atom. The van der Waals surface area contributed by atoms with E-state index in [0.717, 1.165) is 33.6 Å². The summed E-state index contributed by atoms with van der Waals surface area (Å²) < 4.78 is 6.14. The molecule has 138 valence electrons. The molecular weight excluding hydrogens is 348 g/mol. The van der Waals surface area contributed by atoms with Gasteiger partial charge in [-0.15, -0.1) is 0 Å². The molecule has 0 bridgehead atoms. The number of carboxylic acid groups (broad SMARTS) is 1. The molecule has 0 aromatic heterocycles. The van der Waals surface area contributed by atoms with Crippen molar-refractivity contribution in [3.63, 3.8) is 0 Å². The van der Waals surface area contributed by atoms with Crippen molar-refractivity contribution in [2.75, 3.05) is 0 Å². The third kappa shape index (κ3) is 4.04. The zero-order chi connectivity index (χ0) is 19.3. The van der Waals surface area contributed by atoms with Gasteiger partial charge in [-0.3, -0.25) is 4.79 Å². The number of hydrogen-bond donors (Lipinski definition) is 1. The summed E-state index contributed by atoms with van der Waals surface area (Å²) in [5.41, 5.74) is 2.98. The lowest BCUT2D eigenvalue weighted by molar-refractivity contribution is -0.136. The van der Waals surface area contributed by atoms with Gasteiger partial charge in [0, 0.05) is 12.0 Å². The zero-order valence-corrected chi connectivity index (χ0v) is 15.3. The minimum absolute atomic E-state index is 0.107. The number of hydrogen-bond acceptors (Lipinski definition) is 2. The van der Waals surface area contributed by atoms with Gasteiger partial charge in [0.2, 0.25) is 0 Å². The lowest BCUT2D eigenvalue weighted by atomic mass is 9.97. The number of carboxylic acids is 1. The molecule has 0 heterocycles. The maximum atomic E-state index is 11.0. The van der Waals surface area contributed by atoms with Gasteiger partial charge >= 0.3 is 5.97 Å². The normalized spacial score (nSPS) is 10.7. The Morgan fingerprint density at radius 3 is 2.32 bits per heavy atom. The largest absolute Gasteiger partial charge is 0.481 e. The smallest absolute Gasteiger partial charge is 0.303 e. The highest BCUT2D eigenvalue weighted by molar-refractivity contribution is 5.88. The first-order valence-electron chi connectivity index (χ1n) is 9.26. The first-order valence-corrected chi connectivity index (χ1v) is 9.26. The molecular formula is C25H20O3. The van der Waals surface area contributed by atoms with E-state index in [-0.39, 0.29) is 6.42 Å². The lowest BCUT2D eigenvalue weighted by Crippen LogP contribution is -1.98. The molecule has 0 unspecified atom stereocenters. The van der Waals surface area contributed by atoms with Gasteiger partial charge in [0.05, 0.1) is 0 Å². The van der Waals surface area contributed by atoms with Crippen LogP contribution in [0.5, 0.6) is 11.5 Å². The van der Waals surface area contributed by atoms with Crippen LogP contribution in [0.3, 0.4) is 0 Å². The molecule has 3 heteroatoms. The van der Waals surface area contributed by atoms with E-state index in [0.29, 0.717) is 6.42 Å². The number of para-hydroxylation sites is 1. The Labute approximate surface area is 163 Å². The average Bonchev–Trinajstić information content (AvgIpc) is 2.73. The fourth-order valence-corrected chi connectivity index (χ4v) is 3.27. The molecule has 0 aliphatic heterocycles. The van der Waals surface area contributed by atoms with Crippen LogP contribution < -0.4 is 4.74 Å². The quantitative estimate of drug-likeness (QED) is 0.433. The molecule has 0 aliphatic rings. The standard InChI is InChI=1S/C25H20O3/c26-25(27)15-11-18-10-14-24(28-22-8-2-1-3-9-22)23(16-18)21-13-12-19-6-4-5-7-20(19)17-21/h1-10,12-14,16-17H,11,15H2,(H,26,27). The molecule has 0 fully saturated rings. The highest BCUT2D eigenvalue weighted by atomic mass is 16.5. The van der Waals surface area contributed by atoms with Gasteiger partial charge in [0.15, 0.2) is 0 Å². The van der Waals surface area contributed by atoms with Gasteiger partial charge in [0.25, 0.3) is 0 Å². The first-order chi connectivity index (χ1) is 13.7. The molecule has 4 aromatic rings. The maximum absolute atomic E-state index is 11.0. The van der Waals surface area contributed by atoms with E-state index in [1.807, 2.05) is 60.7 Å². The van der Waals surface area contributed by atoms with Crippen molar-refractivity contribution in [3.8, 4) is 22.6 Å². The van der Waals surface area contributed by atoms with E-state index >= 15 is 0 Å². The molecule has 0 radical (unpaired) electrons. The predicted octanol–water partition coefficient (Wildman–Crippen LogP) is 6.32. The Morgan fingerprint density at radius 1 is 0.786 bits per heavy atom. The maximum Gasteiger partial charge on any atom is 0.303 e. The van der Waals surface area contributed by atoms with Crippen LogP contribution in [0.25, 0.3) is 21.9 Å². The van der Waals surface area contributed by atoms with Crippen molar-refractivity contribution in [2.24, 2.45) is 0 Å². The van der Waals surface area contributed by atoms with Crippen LogP contribution in [0.15, 0.2) is 91.0 Å². The van der Waals surface area contributed by atoms with Crippen LogP contribution in [-0.2, 0) is 11.2 Å². The summed E-state index contributed by atoms with van der Waals surface area (Å²) in [4.78, 5) is 11.0. The Bertz CT molecular complexity index is 1120. The zero-order valence-electron chi connectivity index (χ0n) is 15.3. The summed E-state index contributed by atoms with van der Waals surface area (Å²) in [5, 5.41) is 11.3. The molecule has 0 spiro atoms. The summed E-state index contributed by atoms with van der Waals surface area (Å²) in [6, 6.07) is 30.1. The molecule has 4 rings (SSSR count). The average molecular weight is 368 g/mol. The fourth-order valence-electron chi connectivity index (χ4n) is 3.27. The van der Waals surface area contributed by atoms with E-state index in [2.05, 4.69) is 30.3 Å².